The number of hydrogen-bond acceptors (Lipinski definition) is 3. The van der Waals surface area contributed by atoms with Crippen LogP contribution in [0, 0.1) is 10.5 Å². The predicted molar refractivity (Wildman–Crippen MR) is 105 cm³/mol. The maximum atomic E-state index is 6.37. The average molecular weight is 449 g/mol. The molecule has 2 nitrogen and oxygen atoms in total. The van der Waals surface area contributed by atoms with Crippen LogP contribution in [0.5, 0.6) is 0 Å². The van der Waals surface area contributed by atoms with Gasteiger partial charge in [-0.2, -0.15) is 0 Å². The minimum atomic E-state index is -1.40. The van der Waals surface area contributed by atoms with Gasteiger partial charge in [-0.3, -0.25) is 0 Å². The van der Waals surface area contributed by atoms with E-state index in [2.05, 4.69) is 46.9 Å². The zero-order valence-corrected chi connectivity index (χ0v) is 17.0. The van der Waals surface area contributed by atoms with Gasteiger partial charge < -0.3 is 0 Å². The van der Waals surface area contributed by atoms with Crippen LogP contribution in [0.4, 0.5) is 5.69 Å². The third-order valence-electron chi connectivity index (χ3n) is 3.30. The normalized spacial score (nSPS) is 16.5. The van der Waals surface area contributed by atoms with Crippen molar-refractivity contribution in [3.05, 3.63) is 27.3 Å². The Balaban J connectivity index is 0.000000612. The molecule has 1 aliphatic rings. The van der Waals surface area contributed by atoms with Gasteiger partial charge in [-0.25, -0.2) is 0 Å². The van der Waals surface area contributed by atoms with Crippen molar-refractivity contribution in [2.24, 2.45) is 0 Å². The van der Waals surface area contributed by atoms with Gasteiger partial charge in [0.1, 0.15) is 0 Å². The molecule has 1 fully saturated rings. The summed E-state index contributed by atoms with van der Waals surface area (Å²) in [5, 5.41) is 0. The van der Waals surface area contributed by atoms with Crippen molar-refractivity contribution in [1.29, 1.82) is 0 Å². The monoisotopic (exact) mass is 448 g/mol. The number of hydrogen-bond donors (Lipinski definition) is 0. The van der Waals surface area contributed by atoms with Gasteiger partial charge in [-0.1, -0.05) is 11.0 Å². The molecule has 0 N–H and O–H groups in total. The molecule has 20 heavy (non-hydrogen) atoms. The molecule has 0 saturated carbocycles. The van der Waals surface area contributed by atoms with Crippen molar-refractivity contribution in [3.63, 3.8) is 0 Å². The predicted octanol–water partition coefficient (Wildman–Crippen LogP) is 4.71. The molecule has 2 rings (SSSR count). The molecule has 0 aromatic heterocycles. The second-order valence-corrected chi connectivity index (χ2v) is 12.4. The van der Waals surface area contributed by atoms with Crippen molar-refractivity contribution in [2.45, 2.75) is 6.92 Å². The van der Waals surface area contributed by atoms with Crippen LogP contribution in [-0.4, -0.2) is 49.3 Å². The third-order valence-corrected chi connectivity index (χ3v) is 7.10. The van der Waals surface area contributed by atoms with E-state index in [1.54, 1.807) is 0 Å². The second-order valence-electron chi connectivity index (χ2n) is 4.78. The number of halogens is 3. The topological polar surface area (TPSA) is 6.48 Å². The van der Waals surface area contributed by atoms with Gasteiger partial charge >= 0.3 is 116 Å². The number of likely N-dealkylation sites (N-methyl/N-ethyl adjacent to an activating group) is 1. The van der Waals surface area contributed by atoms with E-state index < -0.39 is 18.7 Å². The van der Waals surface area contributed by atoms with Crippen LogP contribution in [0.1, 0.15) is 5.56 Å². The average Bonchev–Trinajstić information content (AvgIpc) is 2.41. The van der Waals surface area contributed by atoms with Crippen molar-refractivity contribution < 1.29 is 0 Å². The molecule has 0 aliphatic carbocycles. The quantitative estimate of drug-likeness (QED) is 0.477. The molecule has 1 aromatic carbocycles. The molecule has 0 bridgehead atoms. The number of rotatable bonds is 2. The van der Waals surface area contributed by atoms with E-state index in [0.29, 0.717) is 0 Å². The van der Waals surface area contributed by atoms with E-state index >= 15 is 0 Å². The van der Waals surface area contributed by atoms with E-state index in [9.17, 15) is 0 Å². The maximum absolute atomic E-state index is 6.37. The number of aryl methyl sites for hydroxylation is 1. The molecule has 0 spiro atoms. The van der Waals surface area contributed by atoms with Crippen molar-refractivity contribution in [1.82, 2.24) is 4.90 Å². The molecule has 1 aliphatic heterocycles. The molecule has 0 radical (unpaired) electrons. The van der Waals surface area contributed by atoms with Gasteiger partial charge in [0.05, 0.1) is 0 Å². The van der Waals surface area contributed by atoms with Crippen LogP contribution in [-0.2, 0) is 0 Å². The Hall–Kier alpha value is 0.640. The van der Waals surface area contributed by atoms with Crippen molar-refractivity contribution >= 4 is 54.9 Å². The number of piperazine rings is 1. The summed E-state index contributed by atoms with van der Waals surface area (Å²) in [6, 6.07) is 6.78. The van der Waals surface area contributed by atoms with E-state index in [0.717, 1.165) is 26.2 Å². The molecular weight excluding hydrogens is 426 g/mol. The third kappa shape index (κ3) is 5.79. The van der Waals surface area contributed by atoms with Gasteiger partial charge in [-0.05, 0) is 16.9 Å². The molecule has 6 heteroatoms. The summed E-state index contributed by atoms with van der Waals surface area (Å²) >= 11 is -1.40. The zero-order chi connectivity index (χ0) is 15.1. The Morgan fingerprint density at radius 3 is 2.25 bits per heavy atom. The van der Waals surface area contributed by atoms with Gasteiger partial charge in [-0.15, -0.1) is 0 Å². The van der Waals surface area contributed by atoms with Gasteiger partial charge in [0.25, 0.3) is 0 Å². The van der Waals surface area contributed by atoms with Crippen LogP contribution in [0.15, 0.2) is 18.2 Å². The van der Waals surface area contributed by atoms with E-state index in [1.807, 2.05) is 6.26 Å². The summed E-state index contributed by atoms with van der Waals surface area (Å²) in [7, 11) is 14.7. The first kappa shape index (κ1) is 18.7. The fourth-order valence-corrected chi connectivity index (χ4v) is 5.26. The SMILES string of the molecule is CSCl.Cc1ccc(N2CCN(C)CC2)cc1I(C)Cl. The van der Waals surface area contributed by atoms with Crippen LogP contribution in [0.3, 0.4) is 0 Å². The van der Waals surface area contributed by atoms with Crippen LogP contribution < -0.4 is 4.90 Å². The van der Waals surface area contributed by atoms with Crippen LogP contribution in [0.25, 0.3) is 0 Å². The molecule has 0 atom stereocenters. The standard InChI is InChI=1S/C13H20ClIN2.CH3ClS/c1-11-4-5-12(10-13(11)15(2)14)17-8-6-16(3)7-9-17;1-3-2/h4-5,10H,6-9H2,1-3H3;1H3. The first-order valence-electron chi connectivity index (χ1n) is 6.45. The number of benzene rings is 1. The van der Waals surface area contributed by atoms with Gasteiger partial charge in [0.2, 0.25) is 0 Å². The minimum absolute atomic E-state index is 1.12. The zero-order valence-electron chi connectivity index (χ0n) is 12.5. The first-order chi connectivity index (χ1) is 9.49. The summed E-state index contributed by atoms with van der Waals surface area (Å²) in [6.07, 6.45) is 1.81. The Morgan fingerprint density at radius 1 is 1.20 bits per heavy atom. The first-order valence-corrected chi connectivity index (χ1v) is 14.5. The fourth-order valence-electron chi connectivity index (χ4n) is 2.12. The Labute approximate surface area is 142 Å². The Kier molecular flexibility index (Phi) is 8.98. The number of alkyl halides is 1. The number of anilines is 1. The van der Waals surface area contributed by atoms with E-state index in [4.69, 9.17) is 19.6 Å². The molecular formula is C14H23Cl2IN2S. The Morgan fingerprint density at radius 2 is 1.75 bits per heavy atom. The summed E-state index contributed by atoms with van der Waals surface area (Å²) in [5.74, 6) is 0. The summed E-state index contributed by atoms with van der Waals surface area (Å²) in [6.45, 7) is 6.72. The van der Waals surface area contributed by atoms with Crippen molar-refractivity contribution in [2.75, 3.05) is 49.3 Å². The Bertz CT molecular complexity index is 410. The molecule has 1 heterocycles. The van der Waals surface area contributed by atoms with Gasteiger partial charge in [0.15, 0.2) is 0 Å². The summed E-state index contributed by atoms with van der Waals surface area (Å²) < 4.78 is 1.41. The molecule has 0 unspecified atom stereocenters. The fraction of sp³-hybridized carbons (Fsp3) is 0.571. The molecule has 1 aromatic rings. The van der Waals surface area contributed by atoms with Crippen LogP contribution >= 0.6 is 49.3 Å². The van der Waals surface area contributed by atoms with Gasteiger partial charge in [0, 0.05) is 0 Å². The number of nitrogens with zero attached hydrogens (tertiary/aromatic N) is 2. The second kappa shape index (κ2) is 9.62. The summed E-state index contributed by atoms with van der Waals surface area (Å²) in [4.78, 5) is 7.05. The summed E-state index contributed by atoms with van der Waals surface area (Å²) in [5.41, 5.74) is 2.70. The molecule has 1 saturated heterocycles. The molecule has 116 valence electrons. The molecule has 0 amide bonds. The van der Waals surface area contributed by atoms with E-state index in [1.165, 1.54) is 25.8 Å². The van der Waals surface area contributed by atoms with Crippen molar-refractivity contribution in [3.8, 4) is 0 Å². The van der Waals surface area contributed by atoms with E-state index in [-0.39, 0.29) is 0 Å². The van der Waals surface area contributed by atoms with Crippen LogP contribution in [0.2, 0.25) is 0 Å².